The topological polar surface area (TPSA) is 65.6 Å². The van der Waals surface area contributed by atoms with Gasteiger partial charge in [-0.25, -0.2) is 0 Å². The van der Waals surface area contributed by atoms with E-state index in [2.05, 4.69) is 25.9 Å². The summed E-state index contributed by atoms with van der Waals surface area (Å²) < 4.78 is 0.831. The number of phenolic OH excluding ortho intramolecular Hbond substituents is 1. The highest BCUT2D eigenvalue weighted by atomic mass is 79.9. The molecule has 0 atom stereocenters. The molecule has 1 rings (SSSR count). The van der Waals surface area contributed by atoms with E-state index in [0.29, 0.717) is 5.56 Å². The number of rotatable bonds is 3. The lowest BCUT2D eigenvalue weighted by Gasteiger charge is -1.98. The van der Waals surface area contributed by atoms with Gasteiger partial charge in [0, 0.05) is 10.0 Å². The molecule has 72 valence electrons. The van der Waals surface area contributed by atoms with Crippen molar-refractivity contribution in [2.45, 2.75) is 0 Å². The molecule has 0 unspecified atom stereocenters. The molecule has 0 aliphatic heterocycles. The van der Waals surface area contributed by atoms with Crippen molar-refractivity contribution in [1.29, 1.82) is 5.26 Å². The highest BCUT2D eigenvalue weighted by molar-refractivity contribution is 9.10. The summed E-state index contributed by atoms with van der Waals surface area (Å²) in [6.07, 6.45) is 1.34. The summed E-state index contributed by atoms with van der Waals surface area (Å²) >= 11 is 3.25. The van der Waals surface area contributed by atoms with E-state index < -0.39 is 0 Å². The molecule has 1 aromatic rings. The van der Waals surface area contributed by atoms with Crippen molar-refractivity contribution >= 4 is 22.1 Å². The molecule has 0 aliphatic rings. The zero-order valence-electron chi connectivity index (χ0n) is 7.14. The number of nitrogens with zero attached hydrogens (tertiary/aromatic N) is 2. The van der Waals surface area contributed by atoms with Gasteiger partial charge in [-0.3, -0.25) is 0 Å². The Morgan fingerprint density at radius 3 is 3.14 bits per heavy atom. The Morgan fingerprint density at radius 1 is 1.64 bits per heavy atom. The summed E-state index contributed by atoms with van der Waals surface area (Å²) in [4.78, 5) is 4.56. The molecule has 14 heavy (non-hydrogen) atoms. The van der Waals surface area contributed by atoms with Crippen molar-refractivity contribution in [2.24, 2.45) is 5.16 Å². The number of hydrogen-bond acceptors (Lipinski definition) is 4. The van der Waals surface area contributed by atoms with Crippen LogP contribution in [0.2, 0.25) is 0 Å². The summed E-state index contributed by atoms with van der Waals surface area (Å²) in [7, 11) is 0. The molecule has 0 saturated heterocycles. The molecule has 0 spiro atoms. The molecule has 0 heterocycles. The van der Waals surface area contributed by atoms with Crippen LogP contribution in [0, 0.1) is 11.3 Å². The first-order valence-electron chi connectivity index (χ1n) is 3.75. The molecule has 1 N–H and O–H groups in total. The van der Waals surface area contributed by atoms with Crippen LogP contribution in [0.5, 0.6) is 5.75 Å². The van der Waals surface area contributed by atoms with E-state index in [-0.39, 0.29) is 12.4 Å². The molecule has 0 bridgehead atoms. The Balaban J connectivity index is 2.71. The molecule has 0 aliphatic carbocycles. The minimum Gasteiger partial charge on any atom is -0.507 e. The highest BCUT2D eigenvalue weighted by Gasteiger charge is 1.98. The van der Waals surface area contributed by atoms with Gasteiger partial charge in [0.2, 0.25) is 6.61 Å². The number of hydrogen-bond donors (Lipinski definition) is 1. The maximum absolute atomic E-state index is 9.36. The van der Waals surface area contributed by atoms with Gasteiger partial charge in [0.1, 0.15) is 11.8 Å². The fourth-order valence-electron chi connectivity index (χ4n) is 0.789. The van der Waals surface area contributed by atoms with Gasteiger partial charge in [-0.15, -0.1) is 0 Å². The van der Waals surface area contributed by atoms with Gasteiger partial charge in [-0.05, 0) is 18.2 Å². The van der Waals surface area contributed by atoms with Crippen LogP contribution in [0.15, 0.2) is 27.8 Å². The molecule has 0 aromatic heterocycles. The molecule has 0 amide bonds. The molecule has 0 radical (unpaired) electrons. The first-order valence-corrected chi connectivity index (χ1v) is 4.54. The Bertz CT molecular complexity index is 385. The van der Waals surface area contributed by atoms with E-state index in [0.717, 1.165) is 4.47 Å². The predicted molar refractivity (Wildman–Crippen MR) is 55.0 cm³/mol. The first-order chi connectivity index (χ1) is 6.74. The average Bonchev–Trinajstić information content (AvgIpc) is 2.18. The Hall–Kier alpha value is -1.54. The number of aromatic hydroxyl groups is 1. The second-order valence-electron chi connectivity index (χ2n) is 2.37. The van der Waals surface area contributed by atoms with Crippen LogP contribution in [0.4, 0.5) is 0 Å². The van der Waals surface area contributed by atoms with Gasteiger partial charge >= 0.3 is 0 Å². The summed E-state index contributed by atoms with van der Waals surface area (Å²) in [5.41, 5.74) is 0.525. The fraction of sp³-hybridized carbons (Fsp3) is 0.111. The van der Waals surface area contributed by atoms with Gasteiger partial charge in [-0.2, -0.15) is 5.26 Å². The smallest absolute Gasteiger partial charge is 0.202 e. The van der Waals surface area contributed by atoms with Crippen LogP contribution in [-0.2, 0) is 4.84 Å². The van der Waals surface area contributed by atoms with E-state index >= 15 is 0 Å². The summed E-state index contributed by atoms with van der Waals surface area (Å²) in [6.45, 7) is -0.106. The van der Waals surface area contributed by atoms with Crippen LogP contribution in [0.3, 0.4) is 0 Å². The number of phenols is 1. The maximum atomic E-state index is 9.36. The van der Waals surface area contributed by atoms with Crippen LogP contribution >= 0.6 is 15.9 Å². The van der Waals surface area contributed by atoms with Crippen LogP contribution in [0.25, 0.3) is 0 Å². The van der Waals surface area contributed by atoms with Gasteiger partial charge < -0.3 is 9.94 Å². The minimum absolute atomic E-state index is 0.106. The molecule has 0 saturated carbocycles. The Morgan fingerprint density at radius 2 is 2.43 bits per heavy atom. The summed E-state index contributed by atoms with van der Waals surface area (Å²) in [6, 6.07) is 6.71. The van der Waals surface area contributed by atoms with Gasteiger partial charge in [0.25, 0.3) is 0 Å². The van der Waals surface area contributed by atoms with E-state index in [4.69, 9.17) is 5.26 Å². The molecular weight excluding hydrogens is 248 g/mol. The van der Waals surface area contributed by atoms with E-state index in [1.54, 1.807) is 18.2 Å². The maximum Gasteiger partial charge on any atom is 0.202 e. The average molecular weight is 255 g/mol. The molecule has 1 aromatic carbocycles. The second kappa shape index (κ2) is 5.25. The Labute approximate surface area is 89.5 Å². The van der Waals surface area contributed by atoms with Crippen LogP contribution in [0.1, 0.15) is 5.56 Å². The fourth-order valence-corrected chi connectivity index (χ4v) is 1.17. The third-order valence-corrected chi connectivity index (χ3v) is 1.88. The zero-order chi connectivity index (χ0) is 10.4. The zero-order valence-corrected chi connectivity index (χ0v) is 8.73. The normalized spacial score (nSPS) is 10.0. The lowest BCUT2D eigenvalue weighted by atomic mass is 10.2. The molecular formula is C9H7BrN2O2. The lowest BCUT2D eigenvalue weighted by molar-refractivity contribution is 0.180. The van der Waals surface area contributed by atoms with Crippen molar-refractivity contribution < 1.29 is 9.94 Å². The quantitative estimate of drug-likeness (QED) is 0.510. The van der Waals surface area contributed by atoms with Crippen molar-refractivity contribution in [1.82, 2.24) is 0 Å². The number of nitriles is 1. The van der Waals surface area contributed by atoms with Crippen LogP contribution < -0.4 is 0 Å². The molecule has 5 heteroatoms. The van der Waals surface area contributed by atoms with E-state index in [1.807, 2.05) is 0 Å². The second-order valence-corrected chi connectivity index (χ2v) is 3.28. The van der Waals surface area contributed by atoms with Crippen molar-refractivity contribution in [3.8, 4) is 11.8 Å². The third-order valence-electron chi connectivity index (χ3n) is 1.39. The van der Waals surface area contributed by atoms with Gasteiger partial charge in [-0.1, -0.05) is 21.1 Å². The number of oxime groups is 1. The standard InChI is InChI=1S/C9H7BrN2O2/c10-8-1-2-9(13)7(5-8)6-12-14-4-3-11/h1-2,5-6,13H,4H2/b12-6+. The lowest BCUT2D eigenvalue weighted by Crippen LogP contribution is -1.86. The van der Waals surface area contributed by atoms with Crippen LogP contribution in [-0.4, -0.2) is 17.9 Å². The predicted octanol–water partition coefficient (Wildman–Crippen LogP) is 2.03. The van der Waals surface area contributed by atoms with Crippen molar-refractivity contribution in [3.05, 3.63) is 28.2 Å². The van der Waals surface area contributed by atoms with E-state index in [9.17, 15) is 5.11 Å². The third kappa shape index (κ3) is 3.07. The summed E-state index contributed by atoms with van der Waals surface area (Å²) in [5, 5.41) is 21.0. The first kappa shape index (κ1) is 10.5. The van der Waals surface area contributed by atoms with Gasteiger partial charge in [0.05, 0.1) is 6.21 Å². The molecule has 0 fully saturated rings. The highest BCUT2D eigenvalue weighted by Crippen LogP contribution is 2.19. The van der Waals surface area contributed by atoms with Crippen molar-refractivity contribution in [3.63, 3.8) is 0 Å². The van der Waals surface area contributed by atoms with E-state index in [1.165, 1.54) is 12.3 Å². The van der Waals surface area contributed by atoms with Gasteiger partial charge in [0.15, 0.2) is 0 Å². The molecule has 4 nitrogen and oxygen atoms in total. The summed E-state index contributed by atoms with van der Waals surface area (Å²) in [5.74, 6) is 0.109. The Kier molecular flexibility index (Phi) is 3.95. The monoisotopic (exact) mass is 254 g/mol. The number of halogens is 1. The number of benzene rings is 1. The van der Waals surface area contributed by atoms with Crippen molar-refractivity contribution in [2.75, 3.05) is 6.61 Å². The largest absolute Gasteiger partial charge is 0.507 e. The minimum atomic E-state index is -0.106. The SMILES string of the molecule is N#CCO/N=C/c1cc(Br)ccc1O.